The van der Waals surface area contributed by atoms with Gasteiger partial charge >= 0.3 is 5.97 Å². The van der Waals surface area contributed by atoms with Crippen LogP contribution in [0, 0.1) is 0 Å². The van der Waals surface area contributed by atoms with Crippen molar-refractivity contribution in [1.29, 1.82) is 0 Å². The van der Waals surface area contributed by atoms with Gasteiger partial charge in [0.2, 0.25) is 23.6 Å². The molecule has 55 heavy (non-hydrogen) atoms. The summed E-state index contributed by atoms with van der Waals surface area (Å²) in [6.07, 6.45) is 18.9. The molecule has 0 radical (unpaired) electrons. The van der Waals surface area contributed by atoms with Crippen LogP contribution in [0.3, 0.4) is 0 Å². The van der Waals surface area contributed by atoms with E-state index in [0.717, 1.165) is 19.3 Å². The zero-order valence-electron chi connectivity index (χ0n) is 34.1. The lowest BCUT2D eigenvalue weighted by atomic mass is 10.0. The van der Waals surface area contributed by atoms with Crippen molar-refractivity contribution in [2.45, 2.75) is 167 Å². The predicted octanol–water partition coefficient (Wildman–Crippen LogP) is 5.24. The van der Waals surface area contributed by atoms with E-state index in [1.165, 1.54) is 71.1 Å². The van der Waals surface area contributed by atoms with Gasteiger partial charge in [-0.1, -0.05) is 84.0 Å². The maximum atomic E-state index is 13.3. The number of amides is 4. The van der Waals surface area contributed by atoms with Crippen molar-refractivity contribution in [1.82, 2.24) is 20.9 Å². The number of carboxylic acids is 1. The highest BCUT2D eigenvalue weighted by molar-refractivity contribution is 5.92. The largest absolute Gasteiger partial charge is 0.481 e. The van der Waals surface area contributed by atoms with Crippen LogP contribution in [0.15, 0.2) is 0 Å². The van der Waals surface area contributed by atoms with Crippen LogP contribution in [0.25, 0.3) is 0 Å². The molecule has 0 aromatic heterocycles. The van der Waals surface area contributed by atoms with Crippen LogP contribution in [0.1, 0.15) is 155 Å². The fourth-order valence-corrected chi connectivity index (χ4v) is 6.41. The summed E-state index contributed by atoms with van der Waals surface area (Å²) in [5.74, 6) is -2.12. The van der Waals surface area contributed by atoms with Crippen LogP contribution in [-0.4, -0.2) is 117 Å². The highest BCUT2D eigenvalue weighted by atomic mass is 16.5. The predicted molar refractivity (Wildman–Crippen MR) is 211 cm³/mol. The Balaban J connectivity index is 2.20. The summed E-state index contributed by atoms with van der Waals surface area (Å²) in [6, 6.07) is -1.67. The second-order valence-electron chi connectivity index (χ2n) is 14.6. The molecule has 1 rings (SSSR count). The number of aliphatic carboxylic acids is 1. The van der Waals surface area contributed by atoms with Crippen molar-refractivity contribution in [3.8, 4) is 0 Å². The van der Waals surface area contributed by atoms with Crippen molar-refractivity contribution >= 4 is 35.4 Å². The van der Waals surface area contributed by atoms with Crippen LogP contribution >= 0.6 is 0 Å². The van der Waals surface area contributed by atoms with Gasteiger partial charge in [-0.2, -0.15) is 0 Å². The Labute approximate surface area is 330 Å². The maximum Gasteiger partial charge on any atom is 0.303 e. The summed E-state index contributed by atoms with van der Waals surface area (Å²) < 4.78 is 16.5. The van der Waals surface area contributed by atoms with Gasteiger partial charge < -0.3 is 45.0 Å². The summed E-state index contributed by atoms with van der Waals surface area (Å²) in [6.45, 7) is 7.42. The molecule has 0 saturated carbocycles. The number of unbranched alkanes of at least 4 members (excludes halogenated alkanes) is 12. The molecule has 2 atom stereocenters. The molecule has 1 saturated heterocycles. The number of ether oxygens (including phenoxy) is 3. The zero-order chi connectivity index (χ0) is 40.4. The fourth-order valence-electron chi connectivity index (χ4n) is 6.41. The third-order valence-electron chi connectivity index (χ3n) is 9.65. The molecule has 0 bridgehead atoms. The Hall–Kier alpha value is -3.10. The lowest BCUT2D eigenvalue weighted by molar-refractivity contribution is -0.140. The smallest absolute Gasteiger partial charge is 0.303 e. The first-order chi connectivity index (χ1) is 26.6. The van der Waals surface area contributed by atoms with Gasteiger partial charge in [0.15, 0.2) is 0 Å². The van der Waals surface area contributed by atoms with Crippen molar-refractivity contribution in [3.63, 3.8) is 0 Å². The van der Waals surface area contributed by atoms with Gasteiger partial charge in [-0.05, 0) is 45.4 Å². The monoisotopic (exact) mass is 783 g/mol. The van der Waals surface area contributed by atoms with E-state index in [1.54, 1.807) is 4.90 Å². The van der Waals surface area contributed by atoms with Gasteiger partial charge in [0, 0.05) is 58.5 Å². The van der Waals surface area contributed by atoms with Gasteiger partial charge in [0.1, 0.15) is 17.9 Å². The Morgan fingerprint density at radius 3 is 1.73 bits per heavy atom. The average molecular weight is 783 g/mol. The summed E-state index contributed by atoms with van der Waals surface area (Å²) >= 11 is 0. The number of ketones is 1. The second kappa shape index (κ2) is 34.2. The first kappa shape index (κ1) is 49.9. The molecule has 14 heteroatoms. The minimum absolute atomic E-state index is 0.00671. The highest BCUT2D eigenvalue weighted by Crippen LogP contribution is 2.20. The molecule has 0 spiro atoms. The van der Waals surface area contributed by atoms with E-state index in [9.17, 15) is 33.9 Å². The van der Waals surface area contributed by atoms with Crippen molar-refractivity contribution in [2.24, 2.45) is 0 Å². The second-order valence-corrected chi connectivity index (χ2v) is 14.6. The Kier molecular flexibility index (Phi) is 31.0. The van der Waals surface area contributed by atoms with E-state index in [4.69, 9.17) is 14.2 Å². The number of carbonyl (C=O) groups is 6. The molecule has 1 aliphatic heterocycles. The number of hydrogen-bond donors (Lipinski definition) is 4. The van der Waals surface area contributed by atoms with E-state index >= 15 is 0 Å². The molecule has 0 aromatic carbocycles. The molecule has 318 valence electrons. The molecule has 2 unspecified atom stereocenters. The van der Waals surface area contributed by atoms with Crippen molar-refractivity contribution in [2.75, 3.05) is 59.3 Å². The summed E-state index contributed by atoms with van der Waals surface area (Å²) in [5.41, 5.74) is 0. The van der Waals surface area contributed by atoms with E-state index in [-0.39, 0.29) is 49.8 Å². The van der Waals surface area contributed by atoms with E-state index in [0.29, 0.717) is 84.8 Å². The van der Waals surface area contributed by atoms with Gasteiger partial charge in [0.05, 0.1) is 26.4 Å². The van der Waals surface area contributed by atoms with Gasteiger partial charge in [-0.15, -0.1) is 0 Å². The maximum absolute atomic E-state index is 13.3. The average Bonchev–Trinajstić information content (AvgIpc) is 3.66. The molecule has 1 aliphatic rings. The summed E-state index contributed by atoms with van der Waals surface area (Å²) in [7, 11) is 0. The van der Waals surface area contributed by atoms with Crippen molar-refractivity contribution in [3.05, 3.63) is 0 Å². The van der Waals surface area contributed by atoms with Gasteiger partial charge in [-0.25, -0.2) is 0 Å². The van der Waals surface area contributed by atoms with Gasteiger partial charge in [0.25, 0.3) is 0 Å². The topological polar surface area (TPSA) is 190 Å². The van der Waals surface area contributed by atoms with Crippen LogP contribution in [-0.2, 0) is 43.0 Å². The van der Waals surface area contributed by atoms with Crippen LogP contribution < -0.4 is 16.0 Å². The number of hydrogen-bond acceptors (Lipinski definition) is 9. The number of nitrogens with zero attached hydrogens (tertiary/aromatic N) is 1. The summed E-state index contributed by atoms with van der Waals surface area (Å²) in [4.78, 5) is 74.6. The zero-order valence-corrected chi connectivity index (χ0v) is 34.1. The molecule has 14 nitrogen and oxygen atoms in total. The Bertz CT molecular complexity index is 1080. The number of carbonyl (C=O) groups excluding carboxylic acids is 5. The van der Waals surface area contributed by atoms with Crippen LogP contribution in [0.2, 0.25) is 0 Å². The third-order valence-corrected chi connectivity index (χ3v) is 9.65. The Morgan fingerprint density at radius 1 is 0.655 bits per heavy atom. The van der Waals surface area contributed by atoms with Gasteiger partial charge in [-0.3, -0.25) is 24.0 Å². The molecule has 1 fully saturated rings. The third kappa shape index (κ3) is 28.0. The molecule has 0 aromatic rings. The first-order valence-electron chi connectivity index (χ1n) is 21.2. The van der Waals surface area contributed by atoms with Crippen LogP contribution in [0.5, 0.6) is 0 Å². The fraction of sp³-hybridized carbons (Fsp3) is 0.854. The number of Topliss-reactive ketones (excluding diaryl/α,β-unsaturated/α-hetero) is 1. The molecule has 0 aliphatic carbocycles. The minimum atomic E-state index is -1.06. The molecular weight excluding hydrogens is 708 g/mol. The number of likely N-dealkylation sites (tertiary alicyclic amines) is 1. The lowest BCUT2D eigenvalue weighted by Gasteiger charge is -2.26. The molecule has 4 amide bonds. The standard InChI is InChI=1S/C41H74N4O10/c1-3-4-5-6-7-8-9-10-11-12-13-14-15-20-38(48)45-27-16-19-36(45)41(52)44-35(22-24-39(49)50)40(51)43-26-18-29-54-31-33-55-32-30-53-28-17-25-42-37(47)23-21-34(2)46/h35-36H,3-33H2,1-2H3,(H,42,47)(H,43,51)(H,44,52)(H,49,50). The number of carboxylic acid groups (broad SMARTS) is 1. The summed E-state index contributed by atoms with van der Waals surface area (Å²) in [5, 5.41) is 17.5. The molecular formula is C41H74N4O10. The first-order valence-corrected chi connectivity index (χ1v) is 21.2. The lowest BCUT2D eigenvalue weighted by Crippen LogP contribution is -2.53. The van der Waals surface area contributed by atoms with Crippen molar-refractivity contribution < 1.29 is 48.1 Å². The molecule has 4 N–H and O–H groups in total. The van der Waals surface area contributed by atoms with E-state index < -0.39 is 29.9 Å². The molecule has 1 heterocycles. The number of rotatable bonds is 37. The normalized spacial score (nSPS) is 14.4. The SMILES string of the molecule is CCCCCCCCCCCCCCCC(=O)N1CCCC1C(=O)NC(CCC(=O)O)C(=O)NCCCOCCOCCOCCCNC(=O)CCC(C)=O. The highest BCUT2D eigenvalue weighted by Gasteiger charge is 2.35. The van der Waals surface area contributed by atoms with Crippen LogP contribution in [0.4, 0.5) is 0 Å². The number of nitrogens with one attached hydrogen (secondary N) is 3. The van der Waals surface area contributed by atoms with E-state index in [2.05, 4.69) is 22.9 Å². The minimum Gasteiger partial charge on any atom is -0.481 e. The quantitative estimate of drug-likeness (QED) is 0.0607. The van der Waals surface area contributed by atoms with E-state index in [1.807, 2.05) is 0 Å². The Morgan fingerprint density at radius 2 is 1.18 bits per heavy atom.